The molecule has 3 nitrogen and oxygen atoms in total. The molecular weight excluding hydrogens is 246 g/mol. The Labute approximate surface area is 88.9 Å². The quantitative estimate of drug-likeness (QED) is 0.771. The lowest BCUT2D eigenvalue weighted by molar-refractivity contribution is 0.101. The number of carbonyl (C=O) groups is 1. The number of ketones is 1. The zero-order valence-electron chi connectivity index (χ0n) is 7.11. The second-order valence-electron chi connectivity index (χ2n) is 2.66. The highest BCUT2D eigenvalue weighted by atomic mass is 79.9. The molecule has 0 aromatic carbocycles. The molecule has 0 spiro atoms. The van der Waals surface area contributed by atoms with Crippen LogP contribution in [0, 0.1) is 0 Å². The van der Waals surface area contributed by atoms with Crippen LogP contribution in [0.2, 0.25) is 0 Å². The number of hydrogen-bond acceptors (Lipinski definition) is 3. The predicted molar refractivity (Wildman–Crippen MR) is 54.1 cm³/mol. The van der Waals surface area contributed by atoms with Gasteiger partial charge in [0.25, 0.3) is 0 Å². The van der Waals surface area contributed by atoms with E-state index in [0.29, 0.717) is 15.8 Å². The summed E-state index contributed by atoms with van der Waals surface area (Å²) < 4.78 is 5.73. The molecule has 0 bridgehead atoms. The number of halogens is 1. The smallest absolute Gasteiger partial charge is 0.229 e. The van der Waals surface area contributed by atoms with Crippen LogP contribution in [0.25, 0.3) is 0 Å². The number of carbonyl (C=O) groups excluding carboxylic acids is 1. The Balaban J connectivity index is 2.39. The van der Waals surface area contributed by atoms with Gasteiger partial charge in [0.1, 0.15) is 0 Å². The lowest BCUT2D eigenvalue weighted by Gasteiger charge is -1.96. The first-order valence-electron chi connectivity index (χ1n) is 3.97. The second kappa shape index (κ2) is 3.75. The van der Waals surface area contributed by atoms with E-state index >= 15 is 0 Å². The van der Waals surface area contributed by atoms with Gasteiger partial charge >= 0.3 is 0 Å². The minimum atomic E-state index is -0.149. The first-order valence-corrected chi connectivity index (χ1v) is 4.76. The number of furan rings is 1. The van der Waals surface area contributed by atoms with Crippen LogP contribution in [0.3, 0.4) is 0 Å². The monoisotopic (exact) mass is 251 g/mol. The zero-order chi connectivity index (χ0) is 9.97. The van der Waals surface area contributed by atoms with E-state index in [1.165, 1.54) is 6.26 Å². The van der Waals surface area contributed by atoms with Gasteiger partial charge in [0.2, 0.25) is 5.78 Å². The maximum Gasteiger partial charge on any atom is 0.229 e. The van der Waals surface area contributed by atoms with E-state index in [0.717, 1.165) is 0 Å². The van der Waals surface area contributed by atoms with Crippen LogP contribution in [-0.2, 0) is 0 Å². The van der Waals surface area contributed by atoms with E-state index in [1.54, 1.807) is 30.6 Å². The third kappa shape index (κ3) is 1.61. The molecule has 0 N–H and O–H groups in total. The normalized spacial score (nSPS) is 10.1. The van der Waals surface area contributed by atoms with E-state index < -0.39 is 0 Å². The van der Waals surface area contributed by atoms with E-state index in [-0.39, 0.29) is 5.78 Å². The number of nitrogens with zero attached hydrogens (tertiary/aromatic N) is 1. The molecule has 0 radical (unpaired) electrons. The Kier molecular flexibility index (Phi) is 2.45. The van der Waals surface area contributed by atoms with Crippen LogP contribution in [0.15, 0.2) is 45.7 Å². The Morgan fingerprint density at radius 1 is 1.29 bits per heavy atom. The molecule has 70 valence electrons. The number of aromatic nitrogens is 1. The lowest BCUT2D eigenvalue weighted by Crippen LogP contribution is -1.99. The number of hydrogen-bond donors (Lipinski definition) is 0. The molecule has 2 aromatic heterocycles. The van der Waals surface area contributed by atoms with E-state index in [9.17, 15) is 4.79 Å². The Morgan fingerprint density at radius 3 is 2.57 bits per heavy atom. The molecule has 0 aliphatic heterocycles. The molecule has 2 heterocycles. The van der Waals surface area contributed by atoms with E-state index in [4.69, 9.17) is 4.42 Å². The highest BCUT2D eigenvalue weighted by Crippen LogP contribution is 2.20. The molecule has 0 amide bonds. The maximum absolute atomic E-state index is 11.8. The highest BCUT2D eigenvalue weighted by molar-refractivity contribution is 9.10. The topological polar surface area (TPSA) is 43.1 Å². The fourth-order valence-electron chi connectivity index (χ4n) is 1.09. The van der Waals surface area contributed by atoms with Gasteiger partial charge in [0.05, 0.1) is 10.7 Å². The summed E-state index contributed by atoms with van der Waals surface area (Å²) in [6.07, 6.45) is 4.62. The minimum Gasteiger partial charge on any atom is -0.460 e. The molecule has 4 heteroatoms. The Bertz CT molecular complexity index is 450. The van der Waals surface area contributed by atoms with Crippen LogP contribution >= 0.6 is 15.9 Å². The zero-order valence-corrected chi connectivity index (χ0v) is 8.69. The average molecular weight is 252 g/mol. The van der Waals surface area contributed by atoms with Gasteiger partial charge in [0.15, 0.2) is 5.76 Å². The minimum absolute atomic E-state index is 0.149. The Hall–Kier alpha value is -1.42. The molecule has 0 aliphatic rings. The maximum atomic E-state index is 11.8. The van der Waals surface area contributed by atoms with Crippen molar-refractivity contribution >= 4 is 21.7 Å². The van der Waals surface area contributed by atoms with Gasteiger partial charge in [-0.05, 0) is 34.1 Å². The molecule has 2 rings (SSSR count). The van der Waals surface area contributed by atoms with Crippen molar-refractivity contribution in [3.05, 3.63) is 52.7 Å². The van der Waals surface area contributed by atoms with Crippen molar-refractivity contribution in [2.24, 2.45) is 0 Å². The van der Waals surface area contributed by atoms with Gasteiger partial charge in [-0.1, -0.05) is 0 Å². The number of pyridine rings is 1. The van der Waals surface area contributed by atoms with Gasteiger partial charge < -0.3 is 4.42 Å². The third-order valence-electron chi connectivity index (χ3n) is 1.77. The Morgan fingerprint density at radius 2 is 2.00 bits per heavy atom. The largest absolute Gasteiger partial charge is 0.460 e. The molecular formula is C10H6BrNO2. The van der Waals surface area contributed by atoms with Crippen molar-refractivity contribution in [3.63, 3.8) is 0 Å². The van der Waals surface area contributed by atoms with Gasteiger partial charge in [-0.2, -0.15) is 0 Å². The van der Waals surface area contributed by atoms with Crippen molar-refractivity contribution < 1.29 is 9.21 Å². The predicted octanol–water partition coefficient (Wildman–Crippen LogP) is 2.67. The van der Waals surface area contributed by atoms with Gasteiger partial charge in [-0.3, -0.25) is 9.78 Å². The lowest BCUT2D eigenvalue weighted by atomic mass is 10.1. The average Bonchev–Trinajstić information content (AvgIpc) is 2.65. The summed E-state index contributed by atoms with van der Waals surface area (Å²) in [5, 5.41) is 0. The molecule has 14 heavy (non-hydrogen) atoms. The summed E-state index contributed by atoms with van der Waals surface area (Å²) >= 11 is 3.23. The van der Waals surface area contributed by atoms with Crippen molar-refractivity contribution in [1.82, 2.24) is 4.98 Å². The molecule has 0 aliphatic carbocycles. The van der Waals surface area contributed by atoms with Crippen molar-refractivity contribution in [2.75, 3.05) is 0 Å². The summed E-state index contributed by atoms with van der Waals surface area (Å²) in [5.74, 6) is 0.167. The molecule has 2 aromatic rings. The van der Waals surface area contributed by atoms with E-state index in [1.807, 2.05) is 0 Å². The first-order chi connectivity index (χ1) is 6.79. The van der Waals surface area contributed by atoms with Crippen LogP contribution < -0.4 is 0 Å². The van der Waals surface area contributed by atoms with Crippen LogP contribution in [0.4, 0.5) is 0 Å². The van der Waals surface area contributed by atoms with Crippen molar-refractivity contribution in [1.29, 1.82) is 0 Å². The number of rotatable bonds is 2. The SMILES string of the molecule is O=C(c1ccncc1)c1occc1Br. The molecule has 0 saturated carbocycles. The van der Waals surface area contributed by atoms with Crippen LogP contribution in [0.5, 0.6) is 0 Å². The van der Waals surface area contributed by atoms with Crippen molar-refractivity contribution in [3.8, 4) is 0 Å². The summed E-state index contributed by atoms with van der Waals surface area (Å²) in [6.45, 7) is 0. The summed E-state index contributed by atoms with van der Waals surface area (Å²) in [4.78, 5) is 15.6. The van der Waals surface area contributed by atoms with Crippen molar-refractivity contribution in [2.45, 2.75) is 0 Å². The molecule has 0 unspecified atom stereocenters. The van der Waals surface area contributed by atoms with Crippen LogP contribution in [-0.4, -0.2) is 10.8 Å². The molecule has 0 fully saturated rings. The third-order valence-corrected chi connectivity index (χ3v) is 2.39. The summed E-state index contributed by atoms with van der Waals surface area (Å²) in [5.41, 5.74) is 0.565. The van der Waals surface area contributed by atoms with Gasteiger partial charge in [0, 0.05) is 18.0 Å². The summed E-state index contributed by atoms with van der Waals surface area (Å²) in [7, 11) is 0. The fraction of sp³-hybridized carbons (Fsp3) is 0. The second-order valence-corrected chi connectivity index (χ2v) is 3.52. The highest BCUT2D eigenvalue weighted by Gasteiger charge is 2.15. The van der Waals surface area contributed by atoms with Crippen LogP contribution in [0.1, 0.15) is 16.1 Å². The molecule has 0 saturated heterocycles. The first kappa shape index (κ1) is 9.15. The van der Waals surface area contributed by atoms with Gasteiger partial charge in [-0.25, -0.2) is 0 Å². The van der Waals surface area contributed by atoms with Gasteiger partial charge in [-0.15, -0.1) is 0 Å². The van der Waals surface area contributed by atoms with E-state index in [2.05, 4.69) is 20.9 Å². The summed E-state index contributed by atoms with van der Waals surface area (Å²) in [6, 6.07) is 4.99. The molecule has 0 atom stereocenters. The fourth-order valence-corrected chi connectivity index (χ4v) is 1.47. The standard InChI is InChI=1S/C10H6BrNO2/c11-8-3-6-14-10(8)9(13)7-1-4-12-5-2-7/h1-6H.